The molecule has 8 heteroatoms. The smallest absolute Gasteiger partial charge is 1.00 e. The summed E-state index contributed by atoms with van der Waals surface area (Å²) in [7, 11) is 0. The van der Waals surface area contributed by atoms with E-state index >= 15 is 0 Å². The van der Waals surface area contributed by atoms with Crippen LogP contribution in [0.3, 0.4) is 0 Å². The third-order valence-corrected chi connectivity index (χ3v) is 0. The molecule has 0 heterocycles. The Balaban J connectivity index is -0.00000000214. The van der Waals surface area contributed by atoms with Crippen LogP contribution in [0.1, 0.15) is 2.85 Å². The summed E-state index contributed by atoms with van der Waals surface area (Å²) in [5.74, 6) is 0. The zero-order chi connectivity index (χ0) is 3.58. The van der Waals surface area contributed by atoms with E-state index in [1.54, 1.807) is 0 Å². The van der Waals surface area contributed by atoms with E-state index in [-0.39, 0.29) is 112 Å². The van der Waals surface area contributed by atoms with Gasteiger partial charge >= 0.3 is 43.9 Å². The third kappa shape index (κ3) is 109. The Kier molecular flexibility index (Phi) is 141. The van der Waals surface area contributed by atoms with Crippen molar-refractivity contribution in [2.45, 2.75) is 0 Å². The molecule has 0 aromatic carbocycles. The van der Waals surface area contributed by atoms with E-state index in [0.717, 1.165) is 0 Å². The summed E-state index contributed by atoms with van der Waals surface area (Å²) in [5.41, 5.74) is 0. The van der Waals surface area contributed by atoms with Crippen LogP contribution in [0, 0.1) is 0 Å². The summed E-state index contributed by atoms with van der Waals surface area (Å²) in [6.07, 6.45) is -1.83. The molecule has 0 saturated carbocycles. The number of hydrogen-bond donors (Lipinski definition) is 2. The Morgan fingerprint density at radius 2 is 1.33 bits per heavy atom. The van der Waals surface area contributed by atoms with Crippen molar-refractivity contribution >= 4 is 43.9 Å². The van der Waals surface area contributed by atoms with Gasteiger partial charge in [0, 0.05) is 71.7 Å². The fourth-order valence-electron chi connectivity index (χ4n) is 0. The van der Waals surface area contributed by atoms with Gasteiger partial charge in [0.15, 0.2) is 0 Å². The molecule has 3 nitrogen and oxygen atoms in total. The molecule has 2 N–H and O–H groups in total. The van der Waals surface area contributed by atoms with Crippen LogP contribution in [0.2, 0.25) is 0 Å². The minimum atomic E-state index is -1.83. The van der Waals surface area contributed by atoms with Crippen LogP contribution < -0.4 is 0 Å². The number of carboxylic acid groups (broad SMARTS) is 2. The molecule has 0 saturated heterocycles. The van der Waals surface area contributed by atoms with Gasteiger partial charge in [0.2, 0.25) is 0 Å². The standard InChI is InChI=1S/CH2O3.Ca.Co.Cr.Ni.W.2H/c2-1(3)4;;;;;;;/h(H2,2,3,4);;;;;;;/q;+2;;;;;2*-1. The number of hydrogen-bond acceptors (Lipinski definition) is 1. The molecule has 0 atom stereocenters. The van der Waals surface area contributed by atoms with Crippen molar-refractivity contribution in [3.8, 4) is 0 Å². The van der Waals surface area contributed by atoms with Crippen LogP contribution in [0.25, 0.3) is 0 Å². The summed E-state index contributed by atoms with van der Waals surface area (Å²) < 4.78 is 0. The van der Waals surface area contributed by atoms with E-state index < -0.39 is 6.16 Å². The molecule has 0 aromatic heterocycles. The molecule has 0 spiro atoms. The van der Waals surface area contributed by atoms with Crippen LogP contribution in [0.5, 0.6) is 0 Å². The van der Waals surface area contributed by atoms with E-state index in [4.69, 9.17) is 15.0 Å². The first-order chi connectivity index (χ1) is 1.73. The normalized spacial score (nSPS) is 2.67. The van der Waals surface area contributed by atoms with Gasteiger partial charge in [0.25, 0.3) is 0 Å². The Morgan fingerprint density at radius 3 is 1.33 bits per heavy atom. The van der Waals surface area contributed by atoms with Crippen molar-refractivity contribution < 1.29 is 89.6 Å². The molecule has 0 fully saturated rings. The van der Waals surface area contributed by atoms with Crippen LogP contribution >= 0.6 is 0 Å². The quantitative estimate of drug-likeness (QED) is 0.506. The number of rotatable bonds is 0. The van der Waals surface area contributed by atoms with Crippen molar-refractivity contribution in [1.29, 1.82) is 0 Å². The van der Waals surface area contributed by atoms with Gasteiger partial charge in [-0.05, 0) is 0 Å². The first-order valence-electron chi connectivity index (χ1n) is 0.651. The first-order valence-corrected chi connectivity index (χ1v) is 0.651. The molecule has 1 radical (unpaired) electrons. The fraction of sp³-hybridized carbons (Fsp3) is 0. The summed E-state index contributed by atoms with van der Waals surface area (Å²) in [6.45, 7) is 0. The summed E-state index contributed by atoms with van der Waals surface area (Å²) in [4.78, 5) is 8.56. The van der Waals surface area contributed by atoms with Gasteiger partial charge < -0.3 is 13.1 Å². The minimum absolute atomic E-state index is 0. The second-order valence-corrected chi connectivity index (χ2v) is 0.283. The minimum Gasteiger partial charge on any atom is -1.00 e. The van der Waals surface area contributed by atoms with Crippen LogP contribution in [0.15, 0.2) is 0 Å². The maximum absolute atomic E-state index is 8.56. The predicted molar refractivity (Wildman–Crippen MR) is 18.6 cm³/mol. The fourth-order valence-corrected chi connectivity index (χ4v) is 0. The second-order valence-electron chi connectivity index (χ2n) is 0.283. The van der Waals surface area contributed by atoms with Gasteiger partial charge in [0.05, 0.1) is 0 Å². The van der Waals surface area contributed by atoms with Gasteiger partial charge in [-0.3, -0.25) is 0 Å². The molecule has 0 bridgehead atoms. The third-order valence-electron chi connectivity index (χ3n) is 0. The van der Waals surface area contributed by atoms with Crippen molar-refractivity contribution in [2.75, 3.05) is 0 Å². The average Bonchev–Trinajstić information content (AvgIpc) is 0.811. The molecule has 0 unspecified atom stereocenters. The maximum atomic E-state index is 8.56. The second kappa shape index (κ2) is 30.9. The van der Waals surface area contributed by atoms with Crippen LogP contribution in [-0.2, 0) is 71.7 Å². The van der Waals surface area contributed by atoms with E-state index in [0.29, 0.717) is 0 Å². The first kappa shape index (κ1) is 41.1. The van der Waals surface area contributed by atoms with Gasteiger partial charge in [-0.2, -0.15) is 0 Å². The Bertz CT molecular complexity index is 54.3. The van der Waals surface area contributed by atoms with Crippen molar-refractivity contribution in [2.24, 2.45) is 0 Å². The number of carbonyl (C=O) groups is 1. The monoisotopic (exact) mass is 457 g/mol. The molecule has 9 heavy (non-hydrogen) atoms. The van der Waals surface area contributed by atoms with Gasteiger partial charge in [-0.1, -0.05) is 0 Å². The van der Waals surface area contributed by atoms with Gasteiger partial charge in [-0.15, -0.1) is 0 Å². The van der Waals surface area contributed by atoms with Crippen molar-refractivity contribution in [3.05, 3.63) is 0 Å². The van der Waals surface area contributed by atoms with Gasteiger partial charge in [-0.25, -0.2) is 4.79 Å². The topological polar surface area (TPSA) is 57.5 Å². The van der Waals surface area contributed by atoms with Crippen LogP contribution in [-0.4, -0.2) is 54.1 Å². The van der Waals surface area contributed by atoms with E-state index in [1.165, 1.54) is 0 Å². The Labute approximate surface area is 131 Å². The maximum Gasteiger partial charge on any atom is 2.00 e. The summed E-state index contributed by atoms with van der Waals surface area (Å²) in [5, 5.41) is 13.9. The van der Waals surface area contributed by atoms with Crippen molar-refractivity contribution in [3.63, 3.8) is 0 Å². The summed E-state index contributed by atoms with van der Waals surface area (Å²) >= 11 is 0. The molecular formula is CH4CaCoCrNiO3W. The Morgan fingerprint density at radius 1 is 1.33 bits per heavy atom. The van der Waals surface area contributed by atoms with E-state index in [9.17, 15) is 0 Å². The molecule has 0 aromatic rings. The predicted octanol–water partition coefficient (Wildman–Crippen LogP) is 0.0566. The molecule has 0 aliphatic carbocycles. The molecule has 0 aliphatic heterocycles. The zero-order valence-electron chi connectivity index (χ0n) is 5.98. The van der Waals surface area contributed by atoms with Crippen molar-refractivity contribution in [1.82, 2.24) is 0 Å². The molecule has 0 aliphatic rings. The SMILES string of the molecule is O=C(O)O.[Ca+2].[Co].[Cr].[H-].[H-].[Ni].[W]. The average molecular weight is 458 g/mol. The van der Waals surface area contributed by atoms with Gasteiger partial charge in [0.1, 0.15) is 0 Å². The zero-order valence-corrected chi connectivity index (χ0v) is 12.4. The largest absolute Gasteiger partial charge is 2.00 e. The molecule has 0 amide bonds. The Hall–Kier alpha value is 2.75. The molecular weight excluding hydrogens is 454 g/mol. The van der Waals surface area contributed by atoms with E-state index in [2.05, 4.69) is 0 Å². The molecule has 59 valence electrons. The molecule has 0 rings (SSSR count). The van der Waals surface area contributed by atoms with E-state index in [1.807, 2.05) is 0 Å². The summed E-state index contributed by atoms with van der Waals surface area (Å²) in [6, 6.07) is 0. The van der Waals surface area contributed by atoms with Crippen LogP contribution in [0.4, 0.5) is 4.79 Å².